The third kappa shape index (κ3) is 63.1. The highest BCUT2D eigenvalue weighted by atomic mass is 16.5. The number of esters is 1. The molecule has 0 radical (unpaired) electrons. The first-order chi connectivity index (χ1) is 38.0. The number of nitrogens with one attached hydrogen (secondary N) is 1. The van der Waals surface area contributed by atoms with Crippen LogP contribution in [0.4, 0.5) is 0 Å². The van der Waals surface area contributed by atoms with E-state index in [0.29, 0.717) is 19.4 Å². The number of hydrogen-bond donors (Lipinski definition) is 3. The number of aliphatic hydroxyl groups excluding tert-OH is 2. The summed E-state index contributed by atoms with van der Waals surface area (Å²) >= 11 is 0. The first kappa shape index (κ1) is 75.1. The maximum Gasteiger partial charge on any atom is 0.305 e. The molecule has 0 aromatic heterocycles. The van der Waals surface area contributed by atoms with Gasteiger partial charge in [-0.2, -0.15) is 0 Å². The summed E-state index contributed by atoms with van der Waals surface area (Å²) in [6.45, 7) is 4.88. The van der Waals surface area contributed by atoms with E-state index in [1.54, 1.807) is 6.08 Å². The molecule has 2 unspecified atom stereocenters. The van der Waals surface area contributed by atoms with Crippen LogP contribution in [-0.2, 0) is 14.3 Å². The average Bonchev–Trinajstić information content (AvgIpc) is 3.43. The molecule has 0 bridgehead atoms. The largest absolute Gasteiger partial charge is 0.466 e. The highest BCUT2D eigenvalue weighted by Crippen LogP contribution is 2.19. The van der Waals surface area contributed by atoms with E-state index in [4.69, 9.17) is 4.74 Å². The minimum Gasteiger partial charge on any atom is -0.466 e. The van der Waals surface area contributed by atoms with Crippen molar-refractivity contribution in [2.45, 2.75) is 392 Å². The Morgan fingerprint density at radius 2 is 0.662 bits per heavy atom. The fraction of sp³-hybridized carbons (Fsp3) is 0.887. The van der Waals surface area contributed by atoms with Crippen molar-refractivity contribution >= 4 is 11.9 Å². The lowest BCUT2D eigenvalue weighted by Gasteiger charge is -2.20. The number of carbonyl (C=O) groups excluding carboxylic acids is 2. The van der Waals surface area contributed by atoms with E-state index in [1.807, 2.05) is 6.08 Å². The van der Waals surface area contributed by atoms with E-state index < -0.39 is 12.1 Å². The number of amides is 1. The second-order valence-electron chi connectivity index (χ2n) is 23.9. The summed E-state index contributed by atoms with van der Waals surface area (Å²) in [7, 11) is 0. The molecular formula is C71H135NO5. The van der Waals surface area contributed by atoms with Gasteiger partial charge in [-0.25, -0.2) is 0 Å². The predicted octanol–water partition coefficient (Wildman–Crippen LogP) is 22.3. The Morgan fingerprint density at radius 3 is 1.03 bits per heavy atom. The third-order valence-electron chi connectivity index (χ3n) is 16.2. The normalized spacial score (nSPS) is 12.7. The van der Waals surface area contributed by atoms with Crippen LogP contribution < -0.4 is 5.32 Å². The van der Waals surface area contributed by atoms with Gasteiger partial charge in [0.05, 0.1) is 25.4 Å². The van der Waals surface area contributed by atoms with E-state index in [0.717, 1.165) is 51.4 Å². The van der Waals surface area contributed by atoms with Crippen LogP contribution in [-0.4, -0.2) is 47.4 Å². The molecule has 0 aromatic carbocycles. The van der Waals surface area contributed by atoms with Crippen LogP contribution in [0.15, 0.2) is 36.5 Å². The summed E-state index contributed by atoms with van der Waals surface area (Å²) in [6, 6.07) is -0.624. The quantitative estimate of drug-likeness (QED) is 0.0320. The van der Waals surface area contributed by atoms with Crippen LogP contribution in [0, 0.1) is 0 Å². The van der Waals surface area contributed by atoms with Crippen molar-refractivity contribution in [2.75, 3.05) is 13.2 Å². The van der Waals surface area contributed by atoms with Crippen molar-refractivity contribution in [1.29, 1.82) is 0 Å². The van der Waals surface area contributed by atoms with Crippen molar-refractivity contribution in [2.24, 2.45) is 0 Å². The average molecular weight is 1080 g/mol. The molecular weight excluding hydrogens is 947 g/mol. The standard InChI is InChI=1S/C71H135NO5/c1-3-5-7-9-11-13-15-17-39-43-47-51-55-59-63-69(74)68(67-73)72-70(75)64-60-56-52-48-44-40-37-35-33-31-29-27-25-23-21-19-20-22-24-26-28-30-32-34-36-38-42-46-50-54-58-62-66-77-71(76)65-61-57-53-49-45-41-18-16-14-12-10-8-6-4-2/h10,12,16,18,59,63,68-69,73-74H,3-9,11,13-15,17,19-58,60-62,64-67H2,1-2H3,(H,72,75)/b12-10-,18-16-,63-59+. The molecule has 2 atom stereocenters. The second-order valence-corrected chi connectivity index (χ2v) is 23.9. The van der Waals surface area contributed by atoms with Gasteiger partial charge in [-0.1, -0.05) is 346 Å². The lowest BCUT2D eigenvalue weighted by Crippen LogP contribution is -2.45. The van der Waals surface area contributed by atoms with E-state index in [1.165, 1.54) is 302 Å². The Labute approximate surface area is 481 Å². The molecule has 0 rings (SSSR count). The minimum absolute atomic E-state index is 0.00642. The molecule has 6 nitrogen and oxygen atoms in total. The molecule has 0 fully saturated rings. The van der Waals surface area contributed by atoms with Crippen molar-refractivity contribution < 1.29 is 24.5 Å². The Hall–Kier alpha value is -1.92. The van der Waals surface area contributed by atoms with E-state index in [-0.39, 0.29) is 18.5 Å². The molecule has 0 saturated heterocycles. The number of carbonyl (C=O) groups is 2. The number of unbranched alkanes of at least 4 members (excludes halogenated alkanes) is 50. The maximum atomic E-state index is 12.5. The fourth-order valence-electron chi connectivity index (χ4n) is 10.8. The number of hydrogen-bond acceptors (Lipinski definition) is 5. The third-order valence-corrected chi connectivity index (χ3v) is 16.2. The van der Waals surface area contributed by atoms with Gasteiger partial charge in [0.1, 0.15) is 0 Å². The van der Waals surface area contributed by atoms with Crippen LogP contribution in [0.3, 0.4) is 0 Å². The van der Waals surface area contributed by atoms with Crippen LogP contribution in [0.2, 0.25) is 0 Å². The molecule has 0 aliphatic heterocycles. The Kier molecular flexibility index (Phi) is 64.9. The molecule has 3 N–H and O–H groups in total. The van der Waals surface area contributed by atoms with Crippen LogP contribution in [0.5, 0.6) is 0 Å². The monoisotopic (exact) mass is 1080 g/mol. The topological polar surface area (TPSA) is 95.9 Å². The Balaban J connectivity index is 3.33. The zero-order valence-corrected chi connectivity index (χ0v) is 52.0. The predicted molar refractivity (Wildman–Crippen MR) is 338 cm³/mol. The van der Waals surface area contributed by atoms with Gasteiger partial charge in [0.25, 0.3) is 0 Å². The number of rotatable bonds is 65. The Bertz CT molecular complexity index is 1250. The van der Waals surface area contributed by atoms with E-state index in [9.17, 15) is 19.8 Å². The van der Waals surface area contributed by atoms with E-state index in [2.05, 4.69) is 43.5 Å². The lowest BCUT2D eigenvalue weighted by atomic mass is 10.0. The second kappa shape index (κ2) is 66.6. The maximum absolute atomic E-state index is 12.5. The number of ether oxygens (including phenoxy) is 1. The van der Waals surface area contributed by atoms with Crippen LogP contribution in [0.25, 0.3) is 0 Å². The molecule has 6 heteroatoms. The fourth-order valence-corrected chi connectivity index (χ4v) is 10.8. The highest BCUT2D eigenvalue weighted by molar-refractivity contribution is 5.76. The Morgan fingerprint density at radius 1 is 0.364 bits per heavy atom. The van der Waals surface area contributed by atoms with E-state index >= 15 is 0 Å². The summed E-state index contributed by atoms with van der Waals surface area (Å²) in [6.07, 6.45) is 85.1. The first-order valence-electron chi connectivity index (χ1n) is 34.8. The zero-order chi connectivity index (χ0) is 55.7. The van der Waals surface area contributed by atoms with Crippen LogP contribution in [0.1, 0.15) is 380 Å². The summed E-state index contributed by atoms with van der Waals surface area (Å²) in [5.41, 5.74) is 0. The summed E-state index contributed by atoms with van der Waals surface area (Å²) in [5.74, 6) is -0.0554. The molecule has 0 spiro atoms. The lowest BCUT2D eigenvalue weighted by molar-refractivity contribution is -0.143. The van der Waals surface area contributed by atoms with Crippen molar-refractivity contribution in [3.63, 3.8) is 0 Å². The van der Waals surface area contributed by atoms with Crippen molar-refractivity contribution in [1.82, 2.24) is 5.32 Å². The smallest absolute Gasteiger partial charge is 0.305 e. The van der Waals surface area contributed by atoms with Gasteiger partial charge in [0.15, 0.2) is 0 Å². The molecule has 0 aliphatic rings. The number of aliphatic hydroxyl groups is 2. The molecule has 0 heterocycles. The highest BCUT2D eigenvalue weighted by Gasteiger charge is 2.18. The van der Waals surface area contributed by atoms with Gasteiger partial charge in [0, 0.05) is 12.8 Å². The first-order valence-corrected chi connectivity index (χ1v) is 34.8. The van der Waals surface area contributed by atoms with Gasteiger partial charge >= 0.3 is 5.97 Å². The minimum atomic E-state index is -0.841. The molecule has 77 heavy (non-hydrogen) atoms. The van der Waals surface area contributed by atoms with Crippen LogP contribution >= 0.6 is 0 Å². The molecule has 0 saturated carbocycles. The van der Waals surface area contributed by atoms with Gasteiger partial charge in [0.2, 0.25) is 5.91 Å². The molecule has 1 amide bonds. The summed E-state index contributed by atoms with van der Waals surface area (Å²) in [5, 5.41) is 23.1. The van der Waals surface area contributed by atoms with Gasteiger partial charge < -0.3 is 20.3 Å². The molecule has 0 aliphatic carbocycles. The summed E-state index contributed by atoms with van der Waals surface area (Å²) < 4.78 is 5.48. The van der Waals surface area contributed by atoms with Gasteiger partial charge in [-0.15, -0.1) is 0 Å². The van der Waals surface area contributed by atoms with Crippen molar-refractivity contribution in [3.8, 4) is 0 Å². The van der Waals surface area contributed by atoms with Gasteiger partial charge in [-0.3, -0.25) is 9.59 Å². The van der Waals surface area contributed by atoms with Gasteiger partial charge in [-0.05, 0) is 57.8 Å². The number of allylic oxidation sites excluding steroid dienone is 5. The SMILES string of the molecule is CCCC/C=C\C/C=C\CCCCCCCC(=O)OCCCCCCCCCCCCCCCCCCCCCCCCCCCCCCCCCCC(=O)NC(CO)C(O)/C=C/CCCCCCCCCCCCCC. The summed E-state index contributed by atoms with van der Waals surface area (Å²) in [4.78, 5) is 24.5. The van der Waals surface area contributed by atoms with Crippen molar-refractivity contribution in [3.05, 3.63) is 36.5 Å². The molecule has 0 aromatic rings. The zero-order valence-electron chi connectivity index (χ0n) is 52.0. The molecule has 454 valence electrons.